The largest absolute Gasteiger partial charge is 0.480 e. The van der Waals surface area contributed by atoms with Gasteiger partial charge in [-0.1, -0.05) is 54.1 Å². The number of aliphatic carboxylic acids is 1. The Bertz CT molecular complexity index is 1080. The van der Waals surface area contributed by atoms with Crippen molar-refractivity contribution in [3.8, 4) is 22.4 Å². The van der Waals surface area contributed by atoms with E-state index in [0.29, 0.717) is 18.4 Å². The molecule has 1 aliphatic rings. The fourth-order valence-electron chi connectivity index (χ4n) is 4.62. The number of hydrogen-bond acceptors (Lipinski definition) is 4. The first-order valence-corrected chi connectivity index (χ1v) is 12.9. The third kappa shape index (κ3) is 5.99. The summed E-state index contributed by atoms with van der Waals surface area (Å²) in [5.41, 5.74) is 4.29. The molecule has 0 radical (unpaired) electrons. The maximum absolute atomic E-state index is 10.7. The van der Waals surface area contributed by atoms with Gasteiger partial charge in [0, 0.05) is 22.7 Å². The third-order valence-electron chi connectivity index (χ3n) is 6.24. The van der Waals surface area contributed by atoms with Gasteiger partial charge in [0.05, 0.1) is 6.61 Å². The molecule has 7 heteroatoms. The molecule has 0 aliphatic heterocycles. The number of carboxylic acid groups (broad SMARTS) is 1. The summed E-state index contributed by atoms with van der Waals surface area (Å²) in [6.07, 6.45) is 6.43. The van der Waals surface area contributed by atoms with Crippen molar-refractivity contribution in [1.82, 2.24) is 9.78 Å². The molecular formula is C26H29ClN2O3S. The van der Waals surface area contributed by atoms with E-state index in [1.165, 1.54) is 0 Å². The molecule has 0 spiro atoms. The molecule has 33 heavy (non-hydrogen) atoms. The minimum Gasteiger partial charge on any atom is -0.480 e. The number of ether oxygens (including phenoxy) is 1. The Morgan fingerprint density at radius 3 is 2.45 bits per heavy atom. The Balaban J connectivity index is 1.56. The molecule has 2 aromatic carbocycles. The van der Waals surface area contributed by atoms with Crippen molar-refractivity contribution in [2.24, 2.45) is 11.8 Å². The van der Waals surface area contributed by atoms with E-state index in [2.05, 4.69) is 29.1 Å². The number of benzene rings is 2. The molecule has 0 atom stereocenters. The average Bonchev–Trinajstić information content (AvgIpc) is 3.18. The Labute approximate surface area is 204 Å². The first kappa shape index (κ1) is 23.9. The Morgan fingerprint density at radius 2 is 1.79 bits per heavy atom. The van der Waals surface area contributed by atoms with Crippen LogP contribution in [0.2, 0.25) is 5.02 Å². The Kier molecular flexibility index (Phi) is 8.12. The summed E-state index contributed by atoms with van der Waals surface area (Å²) in [4.78, 5) is 10.7. The molecule has 0 bridgehead atoms. The Morgan fingerprint density at radius 1 is 1.09 bits per heavy atom. The smallest absolute Gasteiger partial charge is 0.329 e. The molecule has 1 fully saturated rings. The van der Waals surface area contributed by atoms with Crippen LogP contribution in [0.15, 0.2) is 59.6 Å². The van der Waals surface area contributed by atoms with E-state index in [1.807, 2.05) is 36.4 Å². The summed E-state index contributed by atoms with van der Waals surface area (Å²) in [6, 6.07) is 18.3. The van der Waals surface area contributed by atoms with Gasteiger partial charge in [-0.15, -0.1) is 11.8 Å². The summed E-state index contributed by atoms with van der Waals surface area (Å²) in [7, 11) is 0. The van der Waals surface area contributed by atoms with E-state index < -0.39 is 5.97 Å². The molecule has 1 N–H and O–H groups in total. The highest BCUT2D eigenvalue weighted by molar-refractivity contribution is 7.98. The van der Waals surface area contributed by atoms with Gasteiger partial charge in [0.25, 0.3) is 0 Å². The predicted octanol–water partition coefficient (Wildman–Crippen LogP) is 6.50. The molecule has 174 valence electrons. The molecule has 0 amide bonds. The fourth-order valence-corrected chi connectivity index (χ4v) is 5.55. The number of rotatable bonds is 9. The van der Waals surface area contributed by atoms with Gasteiger partial charge in [0.1, 0.15) is 17.3 Å². The predicted molar refractivity (Wildman–Crippen MR) is 134 cm³/mol. The van der Waals surface area contributed by atoms with Crippen molar-refractivity contribution in [2.45, 2.75) is 37.3 Å². The standard InChI is InChI=1S/C26H29ClN2O3S/c1-33-26-24(21-8-5-9-22(27)14-21)25(20-6-3-2-4-7-20)28-29(26)15-18-10-12-19(13-11-18)16-32-17-23(30)31/h2-9,14,18-19H,10-13,15-17H2,1H3,(H,30,31). The van der Waals surface area contributed by atoms with E-state index in [9.17, 15) is 4.79 Å². The van der Waals surface area contributed by atoms with E-state index in [-0.39, 0.29) is 6.61 Å². The lowest BCUT2D eigenvalue weighted by molar-refractivity contribution is -0.142. The maximum Gasteiger partial charge on any atom is 0.329 e. The molecule has 4 rings (SSSR count). The van der Waals surface area contributed by atoms with Crippen LogP contribution in [0.1, 0.15) is 25.7 Å². The van der Waals surface area contributed by atoms with Crippen LogP contribution in [-0.2, 0) is 16.1 Å². The molecule has 3 aromatic rings. The van der Waals surface area contributed by atoms with Crippen molar-refractivity contribution >= 4 is 29.3 Å². The third-order valence-corrected chi connectivity index (χ3v) is 7.27. The molecule has 1 aliphatic carbocycles. The topological polar surface area (TPSA) is 64.4 Å². The van der Waals surface area contributed by atoms with Crippen LogP contribution >= 0.6 is 23.4 Å². The molecule has 5 nitrogen and oxygen atoms in total. The van der Waals surface area contributed by atoms with Crippen molar-refractivity contribution < 1.29 is 14.6 Å². The summed E-state index contributed by atoms with van der Waals surface area (Å²) in [5, 5.41) is 15.7. The van der Waals surface area contributed by atoms with Crippen molar-refractivity contribution in [1.29, 1.82) is 0 Å². The second-order valence-corrected chi connectivity index (χ2v) is 9.82. The lowest BCUT2D eigenvalue weighted by Crippen LogP contribution is -2.23. The van der Waals surface area contributed by atoms with Gasteiger partial charge in [0.2, 0.25) is 0 Å². The van der Waals surface area contributed by atoms with E-state index >= 15 is 0 Å². The van der Waals surface area contributed by atoms with Crippen LogP contribution in [0, 0.1) is 11.8 Å². The van der Waals surface area contributed by atoms with Gasteiger partial charge < -0.3 is 9.84 Å². The normalized spacial score (nSPS) is 18.4. The monoisotopic (exact) mass is 484 g/mol. The van der Waals surface area contributed by atoms with Crippen molar-refractivity contribution in [3.05, 3.63) is 59.6 Å². The van der Waals surface area contributed by atoms with Gasteiger partial charge in [0.15, 0.2) is 0 Å². The number of carboxylic acids is 1. The Hall–Kier alpha value is -2.28. The maximum atomic E-state index is 10.7. The highest BCUT2D eigenvalue weighted by Crippen LogP contribution is 2.40. The van der Waals surface area contributed by atoms with Crippen molar-refractivity contribution in [2.75, 3.05) is 19.5 Å². The summed E-state index contributed by atoms with van der Waals surface area (Å²) >= 11 is 8.06. The molecule has 1 aromatic heterocycles. The summed E-state index contributed by atoms with van der Waals surface area (Å²) in [5.74, 6) is 0.0826. The fraction of sp³-hybridized carbons (Fsp3) is 0.385. The van der Waals surface area contributed by atoms with Crippen LogP contribution in [0.4, 0.5) is 0 Å². The van der Waals surface area contributed by atoms with Gasteiger partial charge in [-0.05, 0) is 61.5 Å². The zero-order valence-electron chi connectivity index (χ0n) is 18.7. The van der Waals surface area contributed by atoms with E-state index in [1.54, 1.807) is 11.8 Å². The van der Waals surface area contributed by atoms with Crippen LogP contribution in [-0.4, -0.2) is 40.3 Å². The highest BCUT2D eigenvalue weighted by Gasteiger charge is 2.26. The molecule has 0 saturated heterocycles. The number of halogens is 1. The van der Waals surface area contributed by atoms with Crippen LogP contribution < -0.4 is 0 Å². The lowest BCUT2D eigenvalue weighted by atomic mass is 9.82. The minimum absolute atomic E-state index is 0.209. The van der Waals surface area contributed by atoms with Crippen LogP contribution in [0.25, 0.3) is 22.4 Å². The molecular weight excluding hydrogens is 456 g/mol. The molecule has 1 saturated carbocycles. The van der Waals surface area contributed by atoms with Gasteiger partial charge in [-0.2, -0.15) is 5.10 Å². The summed E-state index contributed by atoms with van der Waals surface area (Å²) < 4.78 is 7.50. The minimum atomic E-state index is -0.906. The van der Waals surface area contributed by atoms with Crippen molar-refractivity contribution in [3.63, 3.8) is 0 Å². The zero-order valence-corrected chi connectivity index (χ0v) is 20.3. The zero-order chi connectivity index (χ0) is 23.2. The number of carbonyl (C=O) groups is 1. The number of aromatic nitrogens is 2. The number of hydrogen-bond donors (Lipinski definition) is 1. The highest BCUT2D eigenvalue weighted by atomic mass is 35.5. The quantitative estimate of drug-likeness (QED) is 0.351. The number of nitrogens with zero attached hydrogens (tertiary/aromatic N) is 2. The van der Waals surface area contributed by atoms with Gasteiger partial charge >= 0.3 is 5.97 Å². The SMILES string of the molecule is CSc1c(-c2cccc(Cl)c2)c(-c2ccccc2)nn1CC1CCC(COCC(=O)O)CC1. The first-order chi connectivity index (χ1) is 16.0. The van der Waals surface area contributed by atoms with Gasteiger partial charge in [-0.3, -0.25) is 4.68 Å². The lowest BCUT2D eigenvalue weighted by Gasteiger charge is -2.28. The van der Waals surface area contributed by atoms with Gasteiger partial charge in [-0.25, -0.2) is 4.79 Å². The summed E-state index contributed by atoms with van der Waals surface area (Å²) in [6.45, 7) is 1.20. The molecule has 1 heterocycles. The second kappa shape index (κ2) is 11.2. The van der Waals surface area contributed by atoms with Crippen LogP contribution in [0.5, 0.6) is 0 Å². The average molecular weight is 485 g/mol. The van der Waals surface area contributed by atoms with E-state index in [4.69, 9.17) is 26.5 Å². The second-order valence-electron chi connectivity index (χ2n) is 8.59. The first-order valence-electron chi connectivity index (χ1n) is 11.3. The number of thioether (sulfide) groups is 1. The van der Waals surface area contributed by atoms with E-state index in [0.717, 1.165) is 64.7 Å². The van der Waals surface area contributed by atoms with Crippen LogP contribution in [0.3, 0.4) is 0 Å². The molecule has 0 unspecified atom stereocenters.